The number of amides is 1. The van der Waals surface area contributed by atoms with Gasteiger partial charge in [-0.15, -0.1) is 0 Å². The van der Waals surface area contributed by atoms with Crippen molar-refractivity contribution in [3.05, 3.63) is 42.0 Å². The number of pyridine rings is 1. The Morgan fingerprint density at radius 1 is 1.11 bits per heavy atom. The average molecular weight is 558 g/mol. The molecule has 11 heteroatoms. The minimum Gasteiger partial charge on any atom is -0.481 e. The Morgan fingerprint density at radius 3 is 2.47 bits per heavy atom. The molecule has 3 aromatic rings. The number of rotatable bonds is 10. The van der Waals surface area contributed by atoms with Gasteiger partial charge in [0.05, 0.1) is 17.9 Å². The van der Waals surface area contributed by atoms with Crippen LogP contribution in [0.5, 0.6) is 5.88 Å². The molecule has 2 aliphatic rings. The van der Waals surface area contributed by atoms with Gasteiger partial charge in [0.1, 0.15) is 10.3 Å². The zero-order chi connectivity index (χ0) is 26.9. The predicted octanol–water partition coefficient (Wildman–Crippen LogP) is 4.37. The monoisotopic (exact) mass is 557 g/mol. The lowest BCUT2D eigenvalue weighted by Crippen LogP contribution is -2.60. The van der Waals surface area contributed by atoms with E-state index in [1.54, 1.807) is 37.4 Å². The van der Waals surface area contributed by atoms with E-state index >= 15 is 0 Å². The number of carbonyl (C=O) groups excluding carboxylic acids is 1. The molecule has 2 N–H and O–H groups in total. The van der Waals surface area contributed by atoms with Crippen molar-refractivity contribution in [1.82, 2.24) is 19.6 Å². The molecule has 1 aliphatic carbocycles. The number of nitrogens with zero attached hydrogens (tertiary/aromatic N) is 3. The molecule has 1 saturated carbocycles. The maximum absolute atomic E-state index is 13.5. The van der Waals surface area contributed by atoms with Gasteiger partial charge in [-0.25, -0.2) is 18.4 Å². The number of anilines is 1. The number of hydrogen-bond donors (Lipinski definition) is 2. The topological polar surface area (TPSA) is 114 Å². The van der Waals surface area contributed by atoms with Crippen molar-refractivity contribution >= 4 is 42.7 Å². The number of hydrogen-bond acceptors (Lipinski definition) is 8. The lowest BCUT2D eigenvalue weighted by atomic mass is 9.87. The van der Waals surface area contributed by atoms with Crippen LogP contribution >= 0.6 is 11.3 Å². The number of thiazole rings is 1. The zero-order valence-corrected chi connectivity index (χ0v) is 23.6. The summed E-state index contributed by atoms with van der Waals surface area (Å²) in [4.78, 5) is 23.4. The van der Waals surface area contributed by atoms with E-state index in [4.69, 9.17) is 4.74 Å². The summed E-state index contributed by atoms with van der Waals surface area (Å²) in [5.41, 5.74) is 1.52. The van der Waals surface area contributed by atoms with Crippen LogP contribution in [-0.4, -0.2) is 60.9 Å². The third-order valence-corrected chi connectivity index (χ3v) is 10.1. The van der Waals surface area contributed by atoms with Gasteiger partial charge in [0.15, 0.2) is 5.13 Å². The fourth-order valence-corrected chi connectivity index (χ4v) is 7.73. The summed E-state index contributed by atoms with van der Waals surface area (Å²) in [5.74, 6) is 0.442. The summed E-state index contributed by atoms with van der Waals surface area (Å²) < 4.78 is 32.9. The van der Waals surface area contributed by atoms with Crippen molar-refractivity contribution in [2.75, 3.05) is 25.5 Å². The first-order chi connectivity index (χ1) is 18.2. The van der Waals surface area contributed by atoms with Crippen molar-refractivity contribution in [3.63, 3.8) is 0 Å². The van der Waals surface area contributed by atoms with Crippen LogP contribution in [0.1, 0.15) is 57.4 Å². The summed E-state index contributed by atoms with van der Waals surface area (Å²) in [6, 6.07) is 10.9. The minimum absolute atomic E-state index is 0.135. The molecule has 3 heterocycles. The number of fused-ring (bicyclic) bond motifs is 1. The Balaban J connectivity index is 1.33. The normalized spacial score (nSPS) is 18.1. The van der Waals surface area contributed by atoms with E-state index in [2.05, 4.69) is 34.4 Å². The molecule has 1 atom stereocenters. The third kappa shape index (κ3) is 5.85. The number of nitrogens with one attached hydrogen (secondary N) is 2. The predicted molar refractivity (Wildman–Crippen MR) is 149 cm³/mol. The number of benzene rings is 1. The first kappa shape index (κ1) is 27.0. The second kappa shape index (κ2) is 11.3. The molecule has 1 saturated heterocycles. The van der Waals surface area contributed by atoms with Gasteiger partial charge >= 0.3 is 0 Å². The number of sulfonamides is 1. The van der Waals surface area contributed by atoms with Crippen LogP contribution in [-0.2, 0) is 14.8 Å². The second-order valence-electron chi connectivity index (χ2n) is 10.5. The van der Waals surface area contributed by atoms with Crippen LogP contribution < -0.4 is 15.4 Å². The van der Waals surface area contributed by atoms with Gasteiger partial charge in [-0.3, -0.25) is 4.79 Å². The van der Waals surface area contributed by atoms with E-state index < -0.39 is 15.9 Å². The molecule has 1 unspecified atom stereocenters. The molecule has 2 fully saturated rings. The van der Waals surface area contributed by atoms with E-state index in [-0.39, 0.29) is 16.8 Å². The molecular weight excluding hydrogens is 522 g/mol. The fraction of sp³-hybridized carbons (Fsp3) is 0.519. The van der Waals surface area contributed by atoms with E-state index in [1.165, 1.54) is 28.5 Å². The smallest absolute Gasteiger partial charge is 0.243 e. The Bertz CT molecular complexity index is 1380. The van der Waals surface area contributed by atoms with Gasteiger partial charge in [0.25, 0.3) is 0 Å². The van der Waals surface area contributed by atoms with E-state index in [0.29, 0.717) is 46.4 Å². The molecule has 5 rings (SSSR count). The van der Waals surface area contributed by atoms with E-state index in [0.717, 1.165) is 24.8 Å². The van der Waals surface area contributed by atoms with Gasteiger partial charge in [0, 0.05) is 31.2 Å². The van der Waals surface area contributed by atoms with Crippen molar-refractivity contribution in [3.8, 4) is 5.88 Å². The van der Waals surface area contributed by atoms with Gasteiger partial charge in [0.2, 0.25) is 21.8 Å². The van der Waals surface area contributed by atoms with Crippen molar-refractivity contribution in [2.45, 2.75) is 68.8 Å². The molecule has 1 aromatic carbocycles. The Kier molecular flexibility index (Phi) is 7.99. The van der Waals surface area contributed by atoms with Crippen molar-refractivity contribution in [2.24, 2.45) is 5.92 Å². The standard InChI is InChI=1S/C27H35N5O4S2/c1-17(2)28-20-15-32(16-20)38(34,35)21-10-8-19(9-11-21)22(14-18-6-4-5-7-18)25(33)31-27-29-23-12-13-24(36-3)30-26(23)37-27/h8-13,17-18,20,22,28H,4-7,14-16H2,1-3H3,(H,29,31,33). The van der Waals surface area contributed by atoms with Crippen LogP contribution in [0.3, 0.4) is 0 Å². The van der Waals surface area contributed by atoms with E-state index in [9.17, 15) is 13.2 Å². The number of methoxy groups -OCH3 is 1. The molecule has 9 nitrogen and oxygen atoms in total. The Hall–Kier alpha value is -2.60. The quantitative estimate of drug-likeness (QED) is 0.380. The second-order valence-corrected chi connectivity index (χ2v) is 13.4. The van der Waals surface area contributed by atoms with Crippen LogP contribution in [0.4, 0.5) is 5.13 Å². The Morgan fingerprint density at radius 2 is 1.82 bits per heavy atom. The first-order valence-corrected chi connectivity index (χ1v) is 15.5. The molecule has 1 aliphatic heterocycles. The van der Waals surface area contributed by atoms with Crippen LogP contribution in [0, 0.1) is 5.92 Å². The summed E-state index contributed by atoms with van der Waals surface area (Å²) in [6.45, 7) is 5.05. The summed E-state index contributed by atoms with van der Waals surface area (Å²) in [5, 5.41) is 6.86. The highest BCUT2D eigenvalue weighted by atomic mass is 32.2. The zero-order valence-electron chi connectivity index (χ0n) is 22.0. The maximum atomic E-state index is 13.5. The molecular formula is C27H35N5O4S2. The van der Waals surface area contributed by atoms with Crippen LogP contribution in [0.15, 0.2) is 41.3 Å². The van der Waals surface area contributed by atoms with Crippen LogP contribution in [0.2, 0.25) is 0 Å². The highest BCUT2D eigenvalue weighted by Crippen LogP contribution is 2.36. The average Bonchev–Trinajstić information content (AvgIpc) is 3.53. The van der Waals surface area contributed by atoms with Gasteiger partial charge in [-0.2, -0.15) is 4.31 Å². The highest BCUT2D eigenvalue weighted by Gasteiger charge is 2.37. The van der Waals surface area contributed by atoms with Crippen LogP contribution in [0.25, 0.3) is 10.3 Å². The summed E-state index contributed by atoms with van der Waals surface area (Å²) in [6.07, 6.45) is 5.32. The molecule has 38 heavy (non-hydrogen) atoms. The number of ether oxygens (including phenoxy) is 1. The van der Waals surface area contributed by atoms with Gasteiger partial charge in [-0.05, 0) is 36.1 Å². The summed E-state index contributed by atoms with van der Waals surface area (Å²) >= 11 is 1.31. The first-order valence-electron chi connectivity index (χ1n) is 13.2. The molecule has 1 amide bonds. The Labute approximate surface area is 228 Å². The van der Waals surface area contributed by atoms with Gasteiger partial charge < -0.3 is 15.4 Å². The minimum atomic E-state index is -3.56. The summed E-state index contributed by atoms with van der Waals surface area (Å²) in [7, 11) is -2.00. The largest absolute Gasteiger partial charge is 0.481 e. The molecule has 0 radical (unpaired) electrons. The lowest BCUT2D eigenvalue weighted by Gasteiger charge is -2.39. The maximum Gasteiger partial charge on any atom is 0.243 e. The highest BCUT2D eigenvalue weighted by molar-refractivity contribution is 7.89. The van der Waals surface area contributed by atoms with Crippen molar-refractivity contribution < 1.29 is 17.9 Å². The number of aromatic nitrogens is 2. The van der Waals surface area contributed by atoms with Gasteiger partial charge in [-0.1, -0.05) is 63.0 Å². The number of carbonyl (C=O) groups is 1. The fourth-order valence-electron chi connectivity index (χ4n) is 5.37. The van der Waals surface area contributed by atoms with E-state index in [1.807, 2.05) is 6.07 Å². The SMILES string of the molecule is COc1ccc2nc(NC(=O)C(CC3CCCC3)c3ccc(S(=O)(=O)N4CC(NC(C)C)C4)cc3)sc2n1. The third-order valence-electron chi connectivity index (χ3n) is 7.37. The molecule has 0 bridgehead atoms. The lowest BCUT2D eigenvalue weighted by molar-refractivity contribution is -0.118. The molecule has 204 valence electrons. The van der Waals surface area contributed by atoms with Crippen molar-refractivity contribution in [1.29, 1.82) is 0 Å². The molecule has 2 aromatic heterocycles. The molecule has 0 spiro atoms.